The molecule has 0 amide bonds. The molecule has 11 rings (SSSR count). The highest BCUT2D eigenvalue weighted by Gasteiger charge is 2.18. The molecule has 0 saturated heterocycles. The molecule has 8 aromatic carbocycles. The van der Waals surface area contributed by atoms with Gasteiger partial charge >= 0.3 is 0 Å². The Morgan fingerprint density at radius 3 is 1.71 bits per heavy atom. The van der Waals surface area contributed by atoms with E-state index in [0.29, 0.717) is 0 Å². The standard InChI is InChI=1S/C44H25NO2S/c1-5-11-40-31(7-1)37-21-27-14-13-26-15-16-28(22-35(26)36(27)25-42(37)47-40)45(29-18-20-41-38(23-29)32-8-2-4-10-39(32)46-41)30-17-19-34-33-9-3-6-12-43(33)48-44(34)24-30/h1-25H. The summed E-state index contributed by atoms with van der Waals surface area (Å²) >= 11 is 1.84. The Morgan fingerprint density at radius 2 is 0.875 bits per heavy atom. The Balaban J connectivity index is 1.17. The molecule has 0 atom stereocenters. The molecule has 0 aliphatic heterocycles. The van der Waals surface area contributed by atoms with Gasteiger partial charge in [-0.3, -0.25) is 0 Å². The molecule has 4 heteroatoms. The van der Waals surface area contributed by atoms with Crippen LogP contribution in [0.4, 0.5) is 17.1 Å². The highest BCUT2D eigenvalue weighted by molar-refractivity contribution is 7.25. The molecule has 11 aromatic rings. The number of hydrogen-bond acceptors (Lipinski definition) is 4. The van der Waals surface area contributed by atoms with E-state index in [2.05, 4.69) is 132 Å². The molecular weight excluding hydrogens is 607 g/mol. The van der Waals surface area contributed by atoms with Crippen LogP contribution in [0.15, 0.2) is 160 Å². The van der Waals surface area contributed by atoms with Gasteiger partial charge in [-0.15, -0.1) is 11.3 Å². The maximum absolute atomic E-state index is 6.34. The summed E-state index contributed by atoms with van der Waals surface area (Å²) in [4.78, 5) is 2.38. The summed E-state index contributed by atoms with van der Waals surface area (Å²) in [6.07, 6.45) is 0. The average Bonchev–Trinajstić information content (AvgIpc) is 3.81. The van der Waals surface area contributed by atoms with Crippen molar-refractivity contribution in [3.63, 3.8) is 0 Å². The van der Waals surface area contributed by atoms with Crippen LogP contribution in [-0.2, 0) is 0 Å². The Morgan fingerprint density at radius 1 is 0.333 bits per heavy atom. The van der Waals surface area contributed by atoms with Crippen molar-refractivity contribution in [1.82, 2.24) is 0 Å². The van der Waals surface area contributed by atoms with E-state index < -0.39 is 0 Å². The van der Waals surface area contributed by atoms with E-state index in [9.17, 15) is 0 Å². The quantitative estimate of drug-likeness (QED) is 0.182. The molecule has 0 aliphatic rings. The fourth-order valence-electron chi connectivity index (χ4n) is 7.55. The summed E-state index contributed by atoms with van der Waals surface area (Å²) in [6.45, 7) is 0. The molecule has 0 aliphatic carbocycles. The number of hydrogen-bond donors (Lipinski definition) is 0. The molecule has 0 bridgehead atoms. The number of nitrogens with zero attached hydrogens (tertiary/aromatic N) is 1. The summed E-state index contributed by atoms with van der Waals surface area (Å²) in [5.41, 5.74) is 6.89. The van der Waals surface area contributed by atoms with E-state index >= 15 is 0 Å². The summed E-state index contributed by atoms with van der Waals surface area (Å²) in [5, 5.41) is 11.9. The summed E-state index contributed by atoms with van der Waals surface area (Å²) in [6, 6.07) is 54.4. The lowest BCUT2D eigenvalue weighted by Gasteiger charge is -2.26. The second kappa shape index (κ2) is 9.71. The van der Waals surface area contributed by atoms with Crippen LogP contribution in [0.3, 0.4) is 0 Å². The van der Waals surface area contributed by atoms with Crippen LogP contribution in [0.1, 0.15) is 0 Å². The van der Waals surface area contributed by atoms with Crippen LogP contribution in [0.5, 0.6) is 0 Å². The first-order chi connectivity index (χ1) is 23.7. The van der Waals surface area contributed by atoms with Gasteiger partial charge in [0.1, 0.15) is 22.3 Å². The minimum atomic E-state index is 0.888. The lowest BCUT2D eigenvalue weighted by molar-refractivity contribution is 0.669. The van der Waals surface area contributed by atoms with Crippen molar-refractivity contribution in [2.45, 2.75) is 0 Å². The van der Waals surface area contributed by atoms with Gasteiger partial charge in [0.25, 0.3) is 0 Å². The number of para-hydroxylation sites is 2. The molecule has 3 heterocycles. The lowest BCUT2D eigenvalue weighted by Crippen LogP contribution is -2.09. The predicted molar refractivity (Wildman–Crippen MR) is 204 cm³/mol. The van der Waals surface area contributed by atoms with Crippen LogP contribution in [0.2, 0.25) is 0 Å². The zero-order valence-electron chi connectivity index (χ0n) is 25.6. The number of anilines is 3. The first-order valence-electron chi connectivity index (χ1n) is 16.2. The van der Waals surface area contributed by atoms with Crippen molar-refractivity contribution in [1.29, 1.82) is 0 Å². The number of benzene rings is 8. The van der Waals surface area contributed by atoms with Crippen molar-refractivity contribution in [2.24, 2.45) is 0 Å². The van der Waals surface area contributed by atoms with Gasteiger partial charge in [-0.2, -0.15) is 0 Å². The van der Waals surface area contributed by atoms with E-state index in [1.165, 1.54) is 41.7 Å². The SMILES string of the molecule is c1ccc2c(c1)oc1ccc(N(c3ccc4c(c3)sc3ccccc34)c3ccc4ccc5cc6c(cc5c4c3)oc3ccccc36)cc12. The third-order valence-corrected chi connectivity index (χ3v) is 10.9. The Kier molecular flexibility index (Phi) is 5.26. The van der Waals surface area contributed by atoms with Gasteiger partial charge in [0.05, 0.1) is 0 Å². The smallest absolute Gasteiger partial charge is 0.136 e. The Labute approximate surface area is 278 Å². The molecule has 48 heavy (non-hydrogen) atoms. The number of fused-ring (bicyclic) bond motifs is 12. The molecular formula is C44H25NO2S. The van der Waals surface area contributed by atoms with Crippen LogP contribution in [0.25, 0.3) is 85.6 Å². The molecule has 0 unspecified atom stereocenters. The van der Waals surface area contributed by atoms with Gasteiger partial charge in [0, 0.05) is 58.8 Å². The zero-order valence-corrected chi connectivity index (χ0v) is 26.4. The van der Waals surface area contributed by atoms with E-state index in [0.717, 1.165) is 60.9 Å². The molecule has 3 nitrogen and oxygen atoms in total. The Hall–Kier alpha value is -6.10. The van der Waals surface area contributed by atoms with Crippen LogP contribution in [0, 0.1) is 0 Å². The van der Waals surface area contributed by atoms with Gasteiger partial charge in [0.15, 0.2) is 0 Å². The minimum Gasteiger partial charge on any atom is -0.456 e. The van der Waals surface area contributed by atoms with Crippen molar-refractivity contribution in [3.05, 3.63) is 152 Å². The molecule has 0 N–H and O–H groups in total. The maximum Gasteiger partial charge on any atom is 0.136 e. The average molecular weight is 632 g/mol. The summed E-state index contributed by atoms with van der Waals surface area (Å²) in [7, 11) is 0. The normalized spacial score (nSPS) is 12.2. The fraction of sp³-hybridized carbons (Fsp3) is 0. The van der Waals surface area contributed by atoms with Gasteiger partial charge in [-0.05, 0) is 94.3 Å². The fourth-order valence-corrected chi connectivity index (χ4v) is 8.69. The van der Waals surface area contributed by atoms with E-state index in [1.54, 1.807) is 0 Å². The van der Waals surface area contributed by atoms with Gasteiger partial charge in [-0.25, -0.2) is 0 Å². The van der Waals surface area contributed by atoms with E-state index in [4.69, 9.17) is 8.83 Å². The second-order valence-corrected chi connectivity index (χ2v) is 13.6. The van der Waals surface area contributed by atoms with Crippen LogP contribution >= 0.6 is 11.3 Å². The molecule has 0 fully saturated rings. The van der Waals surface area contributed by atoms with E-state index in [-0.39, 0.29) is 0 Å². The third kappa shape index (κ3) is 3.75. The number of thiophene rings is 1. The minimum absolute atomic E-state index is 0.888. The molecule has 224 valence electrons. The maximum atomic E-state index is 6.34. The van der Waals surface area contributed by atoms with Crippen LogP contribution < -0.4 is 4.90 Å². The Bertz CT molecular complexity index is 3090. The molecule has 3 aromatic heterocycles. The second-order valence-electron chi connectivity index (χ2n) is 12.5. The number of rotatable bonds is 3. The first kappa shape index (κ1) is 26.0. The van der Waals surface area contributed by atoms with Crippen molar-refractivity contribution in [3.8, 4) is 0 Å². The topological polar surface area (TPSA) is 29.5 Å². The third-order valence-electron chi connectivity index (χ3n) is 9.82. The molecule has 0 spiro atoms. The predicted octanol–water partition coefficient (Wildman–Crippen LogP) is 13.6. The van der Waals surface area contributed by atoms with Crippen molar-refractivity contribution < 1.29 is 8.83 Å². The van der Waals surface area contributed by atoms with Crippen molar-refractivity contribution in [2.75, 3.05) is 4.90 Å². The lowest BCUT2D eigenvalue weighted by atomic mass is 9.99. The molecule has 0 radical (unpaired) electrons. The highest BCUT2D eigenvalue weighted by atomic mass is 32.1. The largest absolute Gasteiger partial charge is 0.456 e. The number of furan rings is 2. The highest BCUT2D eigenvalue weighted by Crippen LogP contribution is 2.44. The first-order valence-corrected chi connectivity index (χ1v) is 17.0. The zero-order chi connectivity index (χ0) is 31.3. The van der Waals surface area contributed by atoms with Gasteiger partial charge < -0.3 is 13.7 Å². The van der Waals surface area contributed by atoms with Crippen LogP contribution in [-0.4, -0.2) is 0 Å². The van der Waals surface area contributed by atoms with E-state index in [1.807, 2.05) is 35.6 Å². The summed E-state index contributed by atoms with van der Waals surface area (Å²) in [5.74, 6) is 0. The monoisotopic (exact) mass is 631 g/mol. The van der Waals surface area contributed by atoms with Gasteiger partial charge in [-0.1, -0.05) is 78.9 Å². The molecule has 0 saturated carbocycles. The summed E-state index contributed by atoms with van der Waals surface area (Å²) < 4.78 is 15.1. The van der Waals surface area contributed by atoms with Crippen molar-refractivity contribution >= 4 is 114 Å². The van der Waals surface area contributed by atoms with Gasteiger partial charge in [0.2, 0.25) is 0 Å².